The summed E-state index contributed by atoms with van der Waals surface area (Å²) < 4.78 is 10.1. The smallest absolute Gasteiger partial charge is 0.337 e. The normalized spacial score (nSPS) is 16.4. The number of esters is 1. The van der Waals surface area contributed by atoms with Gasteiger partial charge in [0.2, 0.25) is 0 Å². The summed E-state index contributed by atoms with van der Waals surface area (Å²) in [5.41, 5.74) is 1.99. The van der Waals surface area contributed by atoms with E-state index in [0.29, 0.717) is 22.2 Å². The summed E-state index contributed by atoms with van der Waals surface area (Å²) in [7, 11) is 1.34. The summed E-state index contributed by atoms with van der Waals surface area (Å²) >= 11 is 1.27. The van der Waals surface area contributed by atoms with E-state index in [1.807, 2.05) is 31.2 Å². The van der Waals surface area contributed by atoms with Crippen molar-refractivity contribution in [3.8, 4) is 5.75 Å². The maximum atomic E-state index is 12.2. The molecule has 3 rings (SSSR count). The lowest BCUT2D eigenvalue weighted by Gasteiger charge is -2.02. The second kappa shape index (κ2) is 8.55. The standard InChI is InChI=1S/C20H18N2O4S/c1-3-26-16-10-8-15(9-11-16)21-20-22-18(23)17(27-20)12-13-4-6-14(7-5-13)19(24)25-2/h4-12H,3H2,1-2H3,(H,21,22,23). The Hall–Kier alpha value is -3.06. The summed E-state index contributed by atoms with van der Waals surface area (Å²) in [6.07, 6.45) is 1.75. The van der Waals surface area contributed by atoms with Crippen LogP contribution in [-0.4, -0.2) is 30.8 Å². The van der Waals surface area contributed by atoms with Crippen LogP contribution < -0.4 is 10.1 Å². The van der Waals surface area contributed by atoms with Gasteiger partial charge in [-0.2, -0.15) is 0 Å². The molecule has 1 fully saturated rings. The van der Waals surface area contributed by atoms with Gasteiger partial charge in [-0.05, 0) is 66.7 Å². The van der Waals surface area contributed by atoms with E-state index in [-0.39, 0.29) is 5.91 Å². The van der Waals surface area contributed by atoms with Crippen molar-refractivity contribution >= 4 is 40.6 Å². The number of hydrogen-bond acceptors (Lipinski definition) is 6. The van der Waals surface area contributed by atoms with Gasteiger partial charge in [0.15, 0.2) is 5.17 Å². The van der Waals surface area contributed by atoms with Crippen LogP contribution in [0.1, 0.15) is 22.8 Å². The topological polar surface area (TPSA) is 77.0 Å². The van der Waals surface area contributed by atoms with Crippen molar-refractivity contribution in [3.05, 3.63) is 64.6 Å². The molecule has 0 spiro atoms. The molecule has 0 unspecified atom stereocenters. The van der Waals surface area contributed by atoms with E-state index < -0.39 is 5.97 Å². The van der Waals surface area contributed by atoms with Gasteiger partial charge in [-0.1, -0.05) is 12.1 Å². The lowest BCUT2D eigenvalue weighted by Crippen LogP contribution is -2.19. The average molecular weight is 382 g/mol. The molecule has 27 heavy (non-hydrogen) atoms. The van der Waals surface area contributed by atoms with Crippen molar-refractivity contribution in [2.45, 2.75) is 6.92 Å². The summed E-state index contributed by atoms with van der Waals surface area (Å²) in [6.45, 7) is 2.53. The van der Waals surface area contributed by atoms with Gasteiger partial charge in [-0.25, -0.2) is 9.79 Å². The van der Waals surface area contributed by atoms with Crippen LogP contribution in [0.2, 0.25) is 0 Å². The molecule has 2 aromatic carbocycles. The maximum Gasteiger partial charge on any atom is 0.337 e. The zero-order valence-corrected chi connectivity index (χ0v) is 15.7. The van der Waals surface area contributed by atoms with Crippen LogP contribution in [0.4, 0.5) is 5.69 Å². The van der Waals surface area contributed by atoms with E-state index in [1.54, 1.807) is 30.3 Å². The van der Waals surface area contributed by atoms with Crippen molar-refractivity contribution in [3.63, 3.8) is 0 Å². The highest BCUT2D eigenvalue weighted by molar-refractivity contribution is 8.18. The minimum Gasteiger partial charge on any atom is -0.494 e. The second-order valence-electron chi connectivity index (χ2n) is 5.52. The van der Waals surface area contributed by atoms with Gasteiger partial charge >= 0.3 is 5.97 Å². The van der Waals surface area contributed by atoms with Gasteiger partial charge in [0.1, 0.15) is 5.75 Å². The predicted molar refractivity (Wildman–Crippen MR) is 106 cm³/mol. The number of amides is 1. The highest BCUT2D eigenvalue weighted by Gasteiger charge is 2.23. The molecule has 2 aromatic rings. The molecule has 0 radical (unpaired) electrons. The minimum absolute atomic E-state index is 0.207. The van der Waals surface area contributed by atoms with Crippen LogP contribution in [-0.2, 0) is 9.53 Å². The molecule has 1 heterocycles. The van der Waals surface area contributed by atoms with Crippen LogP contribution in [0.25, 0.3) is 6.08 Å². The number of aliphatic imine (C=N–C) groups is 1. The number of rotatable bonds is 5. The molecule has 7 heteroatoms. The number of thioether (sulfide) groups is 1. The number of hydrogen-bond donors (Lipinski definition) is 1. The largest absolute Gasteiger partial charge is 0.494 e. The van der Waals surface area contributed by atoms with Gasteiger partial charge in [0.25, 0.3) is 5.91 Å². The third-order valence-electron chi connectivity index (χ3n) is 3.66. The van der Waals surface area contributed by atoms with Crippen molar-refractivity contribution < 1.29 is 19.1 Å². The Balaban J connectivity index is 1.72. The molecule has 1 saturated heterocycles. The van der Waals surface area contributed by atoms with Crippen molar-refractivity contribution in [2.75, 3.05) is 13.7 Å². The number of nitrogens with one attached hydrogen (secondary N) is 1. The third-order valence-corrected chi connectivity index (χ3v) is 4.57. The fraction of sp³-hybridized carbons (Fsp3) is 0.150. The van der Waals surface area contributed by atoms with Crippen LogP contribution in [0, 0.1) is 0 Å². The van der Waals surface area contributed by atoms with Gasteiger partial charge in [-0.3, -0.25) is 4.79 Å². The third kappa shape index (κ3) is 4.77. The number of amidine groups is 1. The number of benzene rings is 2. The molecule has 0 aliphatic carbocycles. The minimum atomic E-state index is -0.396. The molecule has 1 aliphatic rings. The molecule has 6 nitrogen and oxygen atoms in total. The van der Waals surface area contributed by atoms with E-state index in [1.165, 1.54) is 18.9 Å². The van der Waals surface area contributed by atoms with Crippen LogP contribution in [0.3, 0.4) is 0 Å². The first kappa shape index (κ1) is 18.7. The first-order valence-electron chi connectivity index (χ1n) is 8.30. The molecule has 1 N–H and O–H groups in total. The monoisotopic (exact) mass is 382 g/mol. The van der Waals surface area contributed by atoms with Crippen molar-refractivity contribution in [1.29, 1.82) is 0 Å². The van der Waals surface area contributed by atoms with E-state index in [9.17, 15) is 9.59 Å². The summed E-state index contributed by atoms with van der Waals surface area (Å²) in [5.74, 6) is 0.175. The first-order valence-corrected chi connectivity index (χ1v) is 9.11. The first-order chi connectivity index (χ1) is 13.1. The molecule has 138 valence electrons. The van der Waals surface area contributed by atoms with Crippen LogP contribution in [0.15, 0.2) is 58.4 Å². The van der Waals surface area contributed by atoms with Gasteiger partial charge in [-0.15, -0.1) is 0 Å². The lowest BCUT2D eigenvalue weighted by atomic mass is 10.1. The quantitative estimate of drug-likeness (QED) is 0.629. The molecule has 0 bridgehead atoms. The van der Waals surface area contributed by atoms with Gasteiger partial charge in [0, 0.05) is 0 Å². The molecular formula is C20H18N2O4S. The maximum absolute atomic E-state index is 12.2. The second-order valence-corrected chi connectivity index (χ2v) is 6.55. The van der Waals surface area contributed by atoms with Crippen LogP contribution in [0.5, 0.6) is 5.75 Å². The Morgan fingerprint density at radius 2 is 1.85 bits per heavy atom. The summed E-state index contributed by atoms with van der Waals surface area (Å²) in [5, 5.41) is 3.27. The van der Waals surface area contributed by atoms with E-state index >= 15 is 0 Å². The lowest BCUT2D eigenvalue weighted by molar-refractivity contribution is -0.115. The fourth-order valence-corrected chi connectivity index (χ4v) is 3.21. The highest BCUT2D eigenvalue weighted by Crippen LogP contribution is 2.28. The Labute approximate surface area is 161 Å². The average Bonchev–Trinajstić information content (AvgIpc) is 3.02. The van der Waals surface area contributed by atoms with E-state index in [4.69, 9.17) is 4.74 Å². The van der Waals surface area contributed by atoms with Crippen molar-refractivity contribution in [2.24, 2.45) is 4.99 Å². The highest BCUT2D eigenvalue weighted by atomic mass is 32.2. The predicted octanol–water partition coefficient (Wildman–Crippen LogP) is 3.76. The Bertz CT molecular complexity index is 903. The van der Waals surface area contributed by atoms with Gasteiger partial charge in [0.05, 0.1) is 29.9 Å². The molecule has 0 aromatic heterocycles. The van der Waals surface area contributed by atoms with Crippen LogP contribution >= 0.6 is 11.8 Å². The van der Waals surface area contributed by atoms with E-state index in [0.717, 1.165) is 17.0 Å². The molecule has 0 saturated carbocycles. The Morgan fingerprint density at radius 1 is 1.15 bits per heavy atom. The Kier molecular flexibility index (Phi) is 5.93. The molecule has 1 aliphatic heterocycles. The van der Waals surface area contributed by atoms with Gasteiger partial charge < -0.3 is 14.8 Å². The zero-order chi connectivity index (χ0) is 19.2. The zero-order valence-electron chi connectivity index (χ0n) is 14.9. The number of carbonyl (C=O) groups excluding carboxylic acids is 2. The number of carbonyl (C=O) groups is 2. The van der Waals surface area contributed by atoms with Crippen molar-refractivity contribution in [1.82, 2.24) is 5.32 Å². The SMILES string of the molecule is CCOc1ccc(N=C2NC(=O)C(=Cc3ccc(C(=O)OC)cc3)S2)cc1. The summed E-state index contributed by atoms with van der Waals surface area (Å²) in [4.78, 5) is 28.6. The Morgan fingerprint density at radius 3 is 2.48 bits per heavy atom. The molecule has 0 atom stereocenters. The number of nitrogens with zero attached hydrogens (tertiary/aromatic N) is 1. The van der Waals surface area contributed by atoms with E-state index in [2.05, 4.69) is 15.0 Å². The summed E-state index contributed by atoms with van der Waals surface area (Å²) in [6, 6.07) is 14.2. The number of ether oxygens (including phenoxy) is 2. The molecule has 1 amide bonds. The molecular weight excluding hydrogens is 364 g/mol. The fourth-order valence-electron chi connectivity index (χ4n) is 2.37. The number of methoxy groups -OCH3 is 1.